The van der Waals surface area contributed by atoms with Crippen LogP contribution in [-0.2, 0) is 17.8 Å². The summed E-state index contributed by atoms with van der Waals surface area (Å²) in [5.41, 5.74) is 2.27. The second-order valence-corrected chi connectivity index (χ2v) is 6.53. The highest BCUT2D eigenvalue weighted by molar-refractivity contribution is 5.76. The molecule has 2 heterocycles. The van der Waals surface area contributed by atoms with Crippen molar-refractivity contribution in [1.82, 2.24) is 14.9 Å². The van der Waals surface area contributed by atoms with Crippen molar-refractivity contribution in [2.45, 2.75) is 45.1 Å². The van der Waals surface area contributed by atoms with Crippen LogP contribution in [-0.4, -0.2) is 27.3 Å². The third-order valence-electron chi connectivity index (χ3n) is 5.45. The quantitative estimate of drug-likeness (QED) is 0.884. The molecule has 3 atom stereocenters. The van der Waals surface area contributed by atoms with Gasteiger partial charge >= 0.3 is 0 Å². The zero-order valence-corrected chi connectivity index (χ0v) is 11.3. The molecule has 2 aliphatic carbocycles. The second kappa shape index (κ2) is 4.36. The Morgan fingerprint density at radius 2 is 2.37 bits per heavy atom. The van der Waals surface area contributed by atoms with Crippen LogP contribution in [0.1, 0.15) is 43.5 Å². The van der Waals surface area contributed by atoms with Crippen LogP contribution in [0.25, 0.3) is 0 Å². The van der Waals surface area contributed by atoms with E-state index in [2.05, 4.69) is 9.97 Å². The number of hydrogen-bond donors (Lipinski definition) is 1. The normalized spacial score (nSPS) is 32.6. The number of nitrogens with zero attached hydrogens (tertiary/aromatic N) is 2. The summed E-state index contributed by atoms with van der Waals surface area (Å²) >= 11 is 0. The fraction of sp³-hybridized carbons (Fsp3) is 0.733. The van der Waals surface area contributed by atoms with Gasteiger partial charge in [-0.2, -0.15) is 0 Å². The Morgan fingerprint density at radius 1 is 1.42 bits per heavy atom. The number of aromatic amines is 1. The van der Waals surface area contributed by atoms with Crippen molar-refractivity contribution in [3.05, 3.63) is 17.7 Å². The molecule has 4 nitrogen and oxygen atoms in total. The van der Waals surface area contributed by atoms with Crippen LogP contribution in [0, 0.1) is 17.8 Å². The molecular formula is C15H21N3O. The predicted molar refractivity (Wildman–Crippen MR) is 71.3 cm³/mol. The van der Waals surface area contributed by atoms with Crippen molar-refractivity contribution < 1.29 is 4.79 Å². The highest BCUT2D eigenvalue weighted by Crippen LogP contribution is 2.49. The second-order valence-electron chi connectivity index (χ2n) is 6.53. The number of rotatable bonds is 2. The summed E-state index contributed by atoms with van der Waals surface area (Å²) in [6.45, 7) is 1.58. The minimum absolute atomic E-state index is 0.359. The molecule has 2 saturated carbocycles. The summed E-state index contributed by atoms with van der Waals surface area (Å²) < 4.78 is 0. The first-order chi connectivity index (χ1) is 9.29. The number of carbonyl (C=O) groups excluding carboxylic acids is 1. The number of amides is 1. The van der Waals surface area contributed by atoms with E-state index >= 15 is 0 Å². The van der Waals surface area contributed by atoms with Gasteiger partial charge in [0.15, 0.2) is 0 Å². The van der Waals surface area contributed by atoms with E-state index in [4.69, 9.17) is 0 Å². The number of fused-ring (bicyclic) bond motifs is 3. The summed E-state index contributed by atoms with van der Waals surface area (Å²) in [5, 5.41) is 0. The van der Waals surface area contributed by atoms with Gasteiger partial charge in [-0.05, 0) is 37.0 Å². The maximum absolute atomic E-state index is 12.5. The van der Waals surface area contributed by atoms with E-state index in [1.807, 2.05) is 4.90 Å². The molecule has 1 aliphatic heterocycles. The Labute approximate surface area is 113 Å². The van der Waals surface area contributed by atoms with E-state index in [-0.39, 0.29) is 0 Å². The first kappa shape index (κ1) is 11.5. The van der Waals surface area contributed by atoms with Crippen LogP contribution in [0.15, 0.2) is 6.33 Å². The Morgan fingerprint density at radius 3 is 3.16 bits per heavy atom. The number of hydrogen-bond acceptors (Lipinski definition) is 2. The number of imidazole rings is 1. The molecule has 4 heteroatoms. The standard InChI is InChI=1S/C15H21N3O/c19-15(7-12-6-10-1-2-11(12)5-10)18-4-3-13-14(8-18)17-9-16-13/h9-12H,1-8H2,(H,16,17). The summed E-state index contributed by atoms with van der Waals surface area (Å²) in [6.07, 6.45) is 8.91. The van der Waals surface area contributed by atoms with Crippen LogP contribution in [0.2, 0.25) is 0 Å². The summed E-state index contributed by atoms with van der Waals surface area (Å²) in [6, 6.07) is 0. The SMILES string of the molecule is O=C(CC1CC2CCC1C2)N1CCc2nc[nH]c2C1. The molecule has 1 amide bonds. The lowest BCUT2D eigenvalue weighted by Crippen LogP contribution is -2.37. The lowest BCUT2D eigenvalue weighted by Gasteiger charge is -2.29. The van der Waals surface area contributed by atoms with Crippen LogP contribution in [0.4, 0.5) is 0 Å². The number of aromatic nitrogens is 2. The lowest BCUT2D eigenvalue weighted by molar-refractivity contribution is -0.133. The van der Waals surface area contributed by atoms with Crippen LogP contribution < -0.4 is 0 Å². The van der Waals surface area contributed by atoms with Crippen molar-refractivity contribution in [2.24, 2.45) is 17.8 Å². The van der Waals surface area contributed by atoms with E-state index in [0.29, 0.717) is 11.8 Å². The first-order valence-corrected chi connectivity index (χ1v) is 7.58. The third kappa shape index (κ3) is 1.97. The van der Waals surface area contributed by atoms with E-state index in [0.717, 1.165) is 49.2 Å². The van der Waals surface area contributed by atoms with Gasteiger partial charge in [-0.3, -0.25) is 4.79 Å². The van der Waals surface area contributed by atoms with Gasteiger partial charge in [-0.1, -0.05) is 6.42 Å². The maximum atomic E-state index is 12.5. The summed E-state index contributed by atoms with van der Waals surface area (Å²) in [4.78, 5) is 21.9. The summed E-state index contributed by atoms with van der Waals surface area (Å²) in [7, 11) is 0. The van der Waals surface area contributed by atoms with Crippen LogP contribution >= 0.6 is 0 Å². The lowest BCUT2D eigenvalue weighted by atomic mass is 9.86. The Balaban J connectivity index is 1.39. The highest BCUT2D eigenvalue weighted by Gasteiger charge is 2.40. The summed E-state index contributed by atoms with van der Waals surface area (Å²) in [5.74, 6) is 2.82. The van der Waals surface area contributed by atoms with Gasteiger partial charge in [0.05, 0.1) is 24.3 Å². The maximum Gasteiger partial charge on any atom is 0.223 e. The third-order valence-corrected chi connectivity index (χ3v) is 5.45. The molecule has 19 heavy (non-hydrogen) atoms. The molecule has 2 fully saturated rings. The molecule has 2 bridgehead atoms. The molecule has 0 spiro atoms. The number of carbonyl (C=O) groups is 1. The minimum Gasteiger partial charge on any atom is -0.347 e. The molecule has 1 N–H and O–H groups in total. The molecule has 1 aromatic heterocycles. The zero-order chi connectivity index (χ0) is 12.8. The molecule has 102 valence electrons. The van der Waals surface area contributed by atoms with Crippen LogP contribution in [0.3, 0.4) is 0 Å². The topological polar surface area (TPSA) is 49.0 Å². The van der Waals surface area contributed by atoms with Gasteiger partial charge in [-0.25, -0.2) is 4.98 Å². The molecule has 4 rings (SSSR count). The Bertz CT molecular complexity index is 495. The largest absolute Gasteiger partial charge is 0.347 e. The molecule has 3 aliphatic rings. The van der Waals surface area contributed by atoms with Crippen molar-refractivity contribution in [1.29, 1.82) is 0 Å². The first-order valence-electron chi connectivity index (χ1n) is 7.58. The number of H-pyrrole nitrogens is 1. The predicted octanol–water partition coefficient (Wildman–Crippen LogP) is 2.12. The zero-order valence-electron chi connectivity index (χ0n) is 11.3. The fourth-order valence-corrected chi connectivity index (χ4v) is 4.41. The monoisotopic (exact) mass is 259 g/mol. The van der Waals surface area contributed by atoms with Gasteiger partial charge in [0, 0.05) is 19.4 Å². The van der Waals surface area contributed by atoms with E-state index in [1.54, 1.807) is 6.33 Å². The van der Waals surface area contributed by atoms with Crippen molar-refractivity contribution in [3.63, 3.8) is 0 Å². The smallest absolute Gasteiger partial charge is 0.223 e. The van der Waals surface area contributed by atoms with Gasteiger partial charge in [0.1, 0.15) is 0 Å². The van der Waals surface area contributed by atoms with Crippen molar-refractivity contribution >= 4 is 5.91 Å². The Kier molecular flexibility index (Phi) is 2.64. The molecule has 3 unspecified atom stereocenters. The van der Waals surface area contributed by atoms with Crippen molar-refractivity contribution in [2.75, 3.05) is 6.54 Å². The van der Waals surface area contributed by atoms with E-state index in [9.17, 15) is 4.79 Å². The van der Waals surface area contributed by atoms with Crippen molar-refractivity contribution in [3.8, 4) is 0 Å². The van der Waals surface area contributed by atoms with Gasteiger partial charge in [0.2, 0.25) is 5.91 Å². The average Bonchev–Trinajstić information content (AvgIpc) is 3.13. The average molecular weight is 259 g/mol. The van der Waals surface area contributed by atoms with Gasteiger partial charge in [-0.15, -0.1) is 0 Å². The van der Waals surface area contributed by atoms with E-state index < -0.39 is 0 Å². The van der Waals surface area contributed by atoms with Gasteiger partial charge < -0.3 is 9.88 Å². The molecule has 0 radical (unpaired) electrons. The van der Waals surface area contributed by atoms with Gasteiger partial charge in [0.25, 0.3) is 0 Å². The number of nitrogens with one attached hydrogen (secondary N) is 1. The Hall–Kier alpha value is -1.32. The minimum atomic E-state index is 0.359. The van der Waals surface area contributed by atoms with E-state index in [1.165, 1.54) is 25.7 Å². The molecule has 1 aromatic rings. The molecule has 0 saturated heterocycles. The fourth-order valence-electron chi connectivity index (χ4n) is 4.41. The van der Waals surface area contributed by atoms with Crippen LogP contribution in [0.5, 0.6) is 0 Å². The molecular weight excluding hydrogens is 238 g/mol. The molecule has 0 aromatic carbocycles. The highest BCUT2D eigenvalue weighted by atomic mass is 16.2.